The Kier molecular flexibility index (Phi) is 12.4. The maximum Gasteiger partial charge on any atom is 0.193 e. The zero-order valence-corrected chi connectivity index (χ0v) is 33.0. The second kappa shape index (κ2) is 17.3. The first-order valence-corrected chi connectivity index (χ1v) is 21.4. The van der Waals surface area contributed by atoms with Crippen molar-refractivity contribution >= 4 is 11.6 Å². The van der Waals surface area contributed by atoms with Crippen LogP contribution in [0.5, 0.6) is 0 Å². The standard InChI is InChI=1S/2C25H30O3/c2*26-23(19-11-3-5-13-21(19)24(27)15-7-1-8-16-24)20-12-4-6-14-22(20)25(28)17-9-2-10-18-25/h2*3-6,11-14,27-28H,1-2,7-10,15-18H2. The van der Waals surface area contributed by atoms with E-state index in [-0.39, 0.29) is 11.6 Å². The molecule has 4 N–H and O–H groups in total. The molecule has 296 valence electrons. The minimum absolute atomic E-state index is 0.0933. The molecule has 0 aliphatic heterocycles. The Bertz CT molecular complexity index is 1690. The molecule has 56 heavy (non-hydrogen) atoms. The van der Waals surface area contributed by atoms with Crippen molar-refractivity contribution in [2.75, 3.05) is 0 Å². The highest BCUT2D eigenvalue weighted by molar-refractivity contribution is 6.12. The number of ketones is 2. The molecule has 4 aliphatic rings. The van der Waals surface area contributed by atoms with Crippen molar-refractivity contribution in [3.05, 3.63) is 142 Å². The lowest BCUT2D eigenvalue weighted by atomic mass is 9.74. The molecule has 0 saturated heterocycles. The Labute approximate surface area is 333 Å². The predicted molar refractivity (Wildman–Crippen MR) is 221 cm³/mol. The number of carbonyl (C=O) groups is 2. The Morgan fingerprint density at radius 3 is 0.679 bits per heavy atom. The molecule has 0 aromatic heterocycles. The summed E-state index contributed by atoms with van der Waals surface area (Å²) in [6.45, 7) is 0. The molecule has 4 aromatic rings. The van der Waals surface area contributed by atoms with Crippen LogP contribution < -0.4 is 0 Å². The van der Waals surface area contributed by atoms with Gasteiger partial charge in [-0.2, -0.15) is 0 Å². The molecule has 0 spiro atoms. The lowest BCUT2D eigenvalue weighted by molar-refractivity contribution is -0.00243. The highest BCUT2D eigenvalue weighted by atomic mass is 16.3. The molecule has 0 amide bonds. The SMILES string of the molecule is O=C(c1ccccc1C1(O)CCCCC1)c1ccccc1C1(O)CCCCC1.O=C(c1ccccc1C1(O)CCCCC1)c1ccccc1C1(O)CCCCC1. The Balaban J connectivity index is 0.000000172. The van der Waals surface area contributed by atoms with Gasteiger partial charge in [-0.25, -0.2) is 0 Å². The van der Waals surface area contributed by atoms with E-state index in [4.69, 9.17) is 0 Å². The number of benzene rings is 4. The zero-order valence-electron chi connectivity index (χ0n) is 33.0. The van der Waals surface area contributed by atoms with E-state index in [2.05, 4.69) is 0 Å². The average molecular weight is 757 g/mol. The third-order valence-electron chi connectivity index (χ3n) is 13.4. The summed E-state index contributed by atoms with van der Waals surface area (Å²) >= 11 is 0. The van der Waals surface area contributed by atoms with Gasteiger partial charge in [0.25, 0.3) is 0 Å². The van der Waals surface area contributed by atoms with Gasteiger partial charge in [-0.15, -0.1) is 0 Å². The summed E-state index contributed by atoms with van der Waals surface area (Å²) in [5.74, 6) is -0.187. The van der Waals surface area contributed by atoms with E-state index in [1.165, 1.54) is 0 Å². The number of rotatable bonds is 8. The molecule has 6 nitrogen and oxygen atoms in total. The smallest absolute Gasteiger partial charge is 0.193 e. The van der Waals surface area contributed by atoms with Crippen molar-refractivity contribution in [2.45, 2.75) is 151 Å². The maximum atomic E-state index is 13.6. The predicted octanol–water partition coefficient (Wildman–Crippen LogP) is 10.4. The van der Waals surface area contributed by atoms with Gasteiger partial charge in [0.2, 0.25) is 0 Å². The molecule has 4 aromatic carbocycles. The lowest BCUT2D eigenvalue weighted by Crippen LogP contribution is -2.32. The summed E-state index contributed by atoms with van der Waals surface area (Å²) < 4.78 is 0. The van der Waals surface area contributed by atoms with Crippen molar-refractivity contribution in [2.24, 2.45) is 0 Å². The number of carbonyl (C=O) groups excluding carboxylic acids is 2. The van der Waals surface area contributed by atoms with E-state index >= 15 is 0 Å². The monoisotopic (exact) mass is 756 g/mol. The van der Waals surface area contributed by atoms with Crippen molar-refractivity contribution < 1.29 is 30.0 Å². The summed E-state index contributed by atoms with van der Waals surface area (Å²) in [6.07, 6.45) is 18.0. The summed E-state index contributed by atoms with van der Waals surface area (Å²) in [7, 11) is 0. The molecule has 0 atom stereocenters. The van der Waals surface area contributed by atoms with E-state index in [0.29, 0.717) is 73.6 Å². The van der Waals surface area contributed by atoms with Crippen LogP contribution in [0.25, 0.3) is 0 Å². The third-order valence-corrected chi connectivity index (χ3v) is 13.4. The highest BCUT2D eigenvalue weighted by Gasteiger charge is 2.39. The van der Waals surface area contributed by atoms with Gasteiger partial charge in [-0.05, 0) is 73.6 Å². The number of hydrogen-bond donors (Lipinski definition) is 4. The van der Waals surface area contributed by atoms with Crippen LogP contribution in [0.1, 0.15) is 183 Å². The van der Waals surface area contributed by atoms with Gasteiger partial charge in [0.05, 0.1) is 22.4 Å². The first-order chi connectivity index (χ1) is 27.1. The van der Waals surface area contributed by atoms with Crippen molar-refractivity contribution in [1.29, 1.82) is 0 Å². The van der Waals surface area contributed by atoms with Crippen LogP contribution >= 0.6 is 0 Å². The van der Waals surface area contributed by atoms with Crippen molar-refractivity contribution in [3.8, 4) is 0 Å². The van der Waals surface area contributed by atoms with Crippen LogP contribution in [0.15, 0.2) is 97.1 Å². The maximum absolute atomic E-state index is 13.6. The summed E-state index contributed by atoms with van der Waals surface area (Å²) in [6, 6.07) is 30.0. The van der Waals surface area contributed by atoms with E-state index in [1.54, 1.807) is 0 Å². The van der Waals surface area contributed by atoms with Crippen LogP contribution in [0.4, 0.5) is 0 Å². The summed E-state index contributed by atoms with van der Waals surface area (Å²) in [5, 5.41) is 45.1. The quantitative estimate of drug-likeness (QED) is 0.133. The van der Waals surface area contributed by atoms with Crippen LogP contribution in [-0.4, -0.2) is 32.0 Å². The van der Waals surface area contributed by atoms with Gasteiger partial charge in [0, 0.05) is 22.3 Å². The molecule has 8 rings (SSSR count). The van der Waals surface area contributed by atoms with E-state index in [9.17, 15) is 30.0 Å². The van der Waals surface area contributed by atoms with Crippen molar-refractivity contribution in [1.82, 2.24) is 0 Å². The Morgan fingerprint density at radius 1 is 0.304 bits per heavy atom. The Hall–Kier alpha value is -3.94. The molecule has 4 aliphatic carbocycles. The second-order valence-electron chi connectivity index (χ2n) is 17.2. The van der Waals surface area contributed by atoms with Gasteiger partial charge >= 0.3 is 0 Å². The van der Waals surface area contributed by atoms with Gasteiger partial charge in [-0.1, -0.05) is 174 Å². The summed E-state index contributed by atoms with van der Waals surface area (Å²) in [5.41, 5.74) is 1.52. The minimum Gasteiger partial charge on any atom is -0.385 e. The normalized spacial score (nSPS) is 21.2. The molecule has 6 heteroatoms. The van der Waals surface area contributed by atoms with E-state index in [1.807, 2.05) is 97.1 Å². The molecule has 0 bridgehead atoms. The van der Waals surface area contributed by atoms with E-state index in [0.717, 1.165) is 99.3 Å². The third kappa shape index (κ3) is 8.36. The van der Waals surface area contributed by atoms with Crippen molar-refractivity contribution in [3.63, 3.8) is 0 Å². The minimum atomic E-state index is -0.929. The fraction of sp³-hybridized carbons (Fsp3) is 0.480. The lowest BCUT2D eigenvalue weighted by Gasteiger charge is -2.35. The molecule has 0 heterocycles. The molecule has 0 unspecified atom stereocenters. The average Bonchev–Trinajstić information content (AvgIpc) is 3.24. The first-order valence-electron chi connectivity index (χ1n) is 21.4. The van der Waals surface area contributed by atoms with Gasteiger partial charge in [-0.3, -0.25) is 9.59 Å². The van der Waals surface area contributed by atoms with Gasteiger partial charge in [0.1, 0.15) is 0 Å². The number of hydrogen-bond acceptors (Lipinski definition) is 6. The van der Waals surface area contributed by atoms with Gasteiger partial charge < -0.3 is 20.4 Å². The number of aliphatic hydroxyl groups is 4. The molecule has 0 radical (unpaired) electrons. The molecule has 4 saturated carbocycles. The fourth-order valence-electron chi connectivity index (χ4n) is 10.3. The topological polar surface area (TPSA) is 115 Å². The van der Waals surface area contributed by atoms with Crippen LogP contribution in [0.3, 0.4) is 0 Å². The molecule has 4 fully saturated rings. The molecular formula is C50H60O6. The first kappa shape index (κ1) is 40.3. The van der Waals surface area contributed by atoms with Crippen LogP contribution in [0, 0.1) is 0 Å². The van der Waals surface area contributed by atoms with Crippen LogP contribution in [-0.2, 0) is 22.4 Å². The summed E-state index contributed by atoms with van der Waals surface area (Å²) in [4.78, 5) is 27.3. The van der Waals surface area contributed by atoms with Gasteiger partial charge in [0.15, 0.2) is 11.6 Å². The zero-order chi connectivity index (χ0) is 39.2. The van der Waals surface area contributed by atoms with Crippen LogP contribution in [0.2, 0.25) is 0 Å². The van der Waals surface area contributed by atoms with E-state index < -0.39 is 22.4 Å². The fourth-order valence-corrected chi connectivity index (χ4v) is 10.3. The second-order valence-corrected chi connectivity index (χ2v) is 17.2. The Morgan fingerprint density at radius 2 is 0.482 bits per heavy atom. The molecular weight excluding hydrogens is 697 g/mol. The highest BCUT2D eigenvalue weighted by Crippen LogP contribution is 2.44. The largest absolute Gasteiger partial charge is 0.385 e.